The van der Waals surface area contributed by atoms with Gasteiger partial charge in [-0.25, -0.2) is 10.2 Å². The summed E-state index contributed by atoms with van der Waals surface area (Å²) in [7, 11) is 0. The Balaban J connectivity index is 2.47. The van der Waals surface area contributed by atoms with Crippen LogP contribution in [-0.2, 0) is 16.1 Å². The maximum absolute atomic E-state index is 12.1. The molecule has 0 saturated heterocycles. The zero-order chi connectivity index (χ0) is 17.1. The largest absolute Gasteiger partial charge is 0.445 e. The molecule has 0 fully saturated rings. The Labute approximate surface area is 138 Å². The van der Waals surface area contributed by atoms with Gasteiger partial charge < -0.3 is 10.1 Å². The summed E-state index contributed by atoms with van der Waals surface area (Å²) in [5.41, 5.74) is 6.34. The Morgan fingerprint density at radius 1 is 1.17 bits per heavy atom. The van der Waals surface area contributed by atoms with Crippen molar-refractivity contribution >= 4 is 12.0 Å². The number of benzene rings is 1. The number of amides is 2. The van der Waals surface area contributed by atoms with Crippen LogP contribution in [0, 0.1) is 5.92 Å². The van der Waals surface area contributed by atoms with E-state index in [1.165, 1.54) is 0 Å². The van der Waals surface area contributed by atoms with Crippen molar-refractivity contribution in [1.29, 1.82) is 0 Å². The van der Waals surface area contributed by atoms with Gasteiger partial charge in [-0.2, -0.15) is 0 Å². The van der Waals surface area contributed by atoms with E-state index in [9.17, 15) is 9.59 Å². The Morgan fingerprint density at radius 3 is 2.48 bits per heavy atom. The van der Waals surface area contributed by atoms with E-state index in [2.05, 4.69) is 16.2 Å². The monoisotopic (exact) mass is 321 g/mol. The summed E-state index contributed by atoms with van der Waals surface area (Å²) in [4.78, 5) is 24.0. The fourth-order valence-electron chi connectivity index (χ4n) is 1.97. The molecule has 6 nitrogen and oxygen atoms in total. The van der Waals surface area contributed by atoms with E-state index >= 15 is 0 Å². The van der Waals surface area contributed by atoms with Crippen LogP contribution < -0.4 is 16.2 Å². The third-order valence-corrected chi connectivity index (χ3v) is 3.12. The summed E-state index contributed by atoms with van der Waals surface area (Å²) in [6.45, 7) is 6.85. The highest BCUT2D eigenvalue weighted by Gasteiger charge is 2.22. The van der Waals surface area contributed by atoms with E-state index in [1.807, 2.05) is 51.1 Å². The van der Waals surface area contributed by atoms with Crippen LogP contribution in [0.1, 0.15) is 39.2 Å². The van der Waals surface area contributed by atoms with Crippen molar-refractivity contribution in [2.24, 2.45) is 5.92 Å². The second-order valence-corrected chi connectivity index (χ2v) is 5.80. The number of nitrogens with one attached hydrogen (secondary N) is 3. The number of alkyl carbamates (subject to hydrolysis) is 1. The minimum Gasteiger partial charge on any atom is -0.445 e. The number of hydrogen-bond acceptors (Lipinski definition) is 4. The van der Waals surface area contributed by atoms with Crippen LogP contribution in [0.4, 0.5) is 4.79 Å². The van der Waals surface area contributed by atoms with Crippen molar-refractivity contribution in [2.75, 3.05) is 6.54 Å². The summed E-state index contributed by atoms with van der Waals surface area (Å²) in [6, 6.07) is 8.79. The van der Waals surface area contributed by atoms with Crippen LogP contribution in [0.3, 0.4) is 0 Å². The first kappa shape index (κ1) is 19.0. The lowest BCUT2D eigenvalue weighted by Gasteiger charge is -2.20. The van der Waals surface area contributed by atoms with Gasteiger partial charge in [-0.1, -0.05) is 51.1 Å². The average molecular weight is 321 g/mol. The lowest BCUT2D eigenvalue weighted by Crippen LogP contribution is -2.51. The van der Waals surface area contributed by atoms with Crippen LogP contribution in [0.15, 0.2) is 30.3 Å². The Hall–Kier alpha value is -2.08. The predicted octanol–water partition coefficient (Wildman–Crippen LogP) is 2.36. The third-order valence-electron chi connectivity index (χ3n) is 3.12. The Bertz CT molecular complexity index is 477. The molecular weight excluding hydrogens is 294 g/mol. The quantitative estimate of drug-likeness (QED) is 0.482. The van der Waals surface area contributed by atoms with Crippen molar-refractivity contribution in [3.63, 3.8) is 0 Å². The molecule has 0 aromatic heterocycles. The highest BCUT2D eigenvalue weighted by Crippen LogP contribution is 2.06. The van der Waals surface area contributed by atoms with Gasteiger partial charge in [0.05, 0.1) is 0 Å². The van der Waals surface area contributed by atoms with Gasteiger partial charge in [-0.15, -0.1) is 0 Å². The maximum atomic E-state index is 12.1. The topological polar surface area (TPSA) is 79.5 Å². The van der Waals surface area contributed by atoms with Crippen molar-refractivity contribution < 1.29 is 14.3 Å². The molecule has 0 spiro atoms. The molecule has 2 amide bonds. The minimum absolute atomic E-state index is 0.177. The van der Waals surface area contributed by atoms with Gasteiger partial charge >= 0.3 is 6.09 Å². The lowest BCUT2D eigenvalue weighted by atomic mass is 10.0. The number of carbonyl (C=O) groups excluding carboxylic acids is 2. The molecule has 0 bridgehead atoms. The fourth-order valence-corrected chi connectivity index (χ4v) is 1.97. The highest BCUT2D eigenvalue weighted by atomic mass is 16.5. The van der Waals surface area contributed by atoms with E-state index in [0.717, 1.165) is 12.0 Å². The molecular formula is C17H27N3O3. The number of rotatable bonds is 9. The zero-order valence-corrected chi connectivity index (χ0v) is 14.1. The Kier molecular flexibility index (Phi) is 8.75. The molecule has 0 heterocycles. The molecule has 1 aromatic carbocycles. The summed E-state index contributed by atoms with van der Waals surface area (Å²) in [6.07, 6.45) is 0.854. The first-order valence-corrected chi connectivity index (χ1v) is 8.02. The van der Waals surface area contributed by atoms with Crippen molar-refractivity contribution in [3.8, 4) is 0 Å². The lowest BCUT2D eigenvalue weighted by molar-refractivity contribution is -0.124. The van der Waals surface area contributed by atoms with Crippen molar-refractivity contribution in [2.45, 2.75) is 46.3 Å². The number of ether oxygens (including phenoxy) is 1. The fraction of sp³-hybridized carbons (Fsp3) is 0.529. The average Bonchev–Trinajstić information content (AvgIpc) is 2.53. The van der Waals surface area contributed by atoms with E-state index in [1.54, 1.807) is 0 Å². The van der Waals surface area contributed by atoms with Gasteiger partial charge in [-0.05, 0) is 24.3 Å². The van der Waals surface area contributed by atoms with Crippen molar-refractivity contribution in [1.82, 2.24) is 16.2 Å². The predicted molar refractivity (Wildman–Crippen MR) is 89.4 cm³/mol. The van der Waals surface area contributed by atoms with Gasteiger partial charge in [0.15, 0.2) is 0 Å². The first-order valence-electron chi connectivity index (χ1n) is 8.02. The molecule has 6 heteroatoms. The molecule has 0 saturated carbocycles. The van der Waals surface area contributed by atoms with E-state index in [4.69, 9.17) is 4.74 Å². The number of hydrogen-bond donors (Lipinski definition) is 3. The summed E-state index contributed by atoms with van der Waals surface area (Å²) < 4.78 is 5.17. The maximum Gasteiger partial charge on any atom is 0.408 e. The molecule has 1 aromatic rings. The smallest absolute Gasteiger partial charge is 0.408 e. The molecule has 0 aliphatic rings. The third kappa shape index (κ3) is 8.21. The summed E-state index contributed by atoms with van der Waals surface area (Å²) >= 11 is 0. The normalized spacial score (nSPS) is 11.8. The van der Waals surface area contributed by atoms with Crippen LogP contribution in [0.2, 0.25) is 0 Å². The second-order valence-electron chi connectivity index (χ2n) is 5.80. The first-order chi connectivity index (χ1) is 11.0. The Morgan fingerprint density at radius 2 is 1.87 bits per heavy atom. The molecule has 23 heavy (non-hydrogen) atoms. The zero-order valence-electron chi connectivity index (χ0n) is 14.1. The van der Waals surface area contributed by atoms with Gasteiger partial charge in [-0.3, -0.25) is 10.2 Å². The van der Waals surface area contributed by atoms with E-state index in [0.29, 0.717) is 13.0 Å². The van der Waals surface area contributed by atoms with Crippen LogP contribution in [0.5, 0.6) is 0 Å². The summed E-state index contributed by atoms with van der Waals surface area (Å²) in [5.74, 6) is 0.00941. The molecule has 1 atom stereocenters. The minimum atomic E-state index is -0.623. The van der Waals surface area contributed by atoms with Crippen molar-refractivity contribution in [3.05, 3.63) is 35.9 Å². The highest BCUT2D eigenvalue weighted by molar-refractivity contribution is 5.85. The van der Waals surface area contributed by atoms with E-state index in [-0.39, 0.29) is 18.4 Å². The molecule has 1 rings (SSSR count). The molecule has 1 unspecified atom stereocenters. The standard InChI is InChI=1S/C17H27N3O3/c1-4-10-18-20-16(21)15(11-13(2)3)19-17(22)23-12-14-8-6-5-7-9-14/h5-9,13,15,18H,4,10-12H2,1-3H3,(H,19,22)(H,20,21). The molecule has 3 N–H and O–H groups in total. The van der Waals surface area contributed by atoms with Gasteiger partial charge in [0.25, 0.3) is 5.91 Å². The second kappa shape index (κ2) is 10.6. The molecule has 128 valence electrons. The molecule has 0 aliphatic carbocycles. The van der Waals surface area contributed by atoms with Crippen LogP contribution >= 0.6 is 0 Å². The molecule has 0 aliphatic heterocycles. The van der Waals surface area contributed by atoms with E-state index < -0.39 is 12.1 Å². The van der Waals surface area contributed by atoms with Crippen LogP contribution in [0.25, 0.3) is 0 Å². The van der Waals surface area contributed by atoms with Crippen LogP contribution in [-0.4, -0.2) is 24.6 Å². The number of hydrazine groups is 1. The molecule has 0 radical (unpaired) electrons. The van der Waals surface area contributed by atoms with Gasteiger partial charge in [0, 0.05) is 6.54 Å². The SMILES string of the molecule is CCCNNC(=O)C(CC(C)C)NC(=O)OCc1ccccc1. The number of carbonyl (C=O) groups is 2. The summed E-state index contributed by atoms with van der Waals surface area (Å²) in [5, 5.41) is 2.63. The van der Waals surface area contributed by atoms with Gasteiger partial charge in [0.2, 0.25) is 0 Å². The van der Waals surface area contributed by atoms with Gasteiger partial charge in [0.1, 0.15) is 12.6 Å².